The van der Waals surface area contributed by atoms with Crippen LogP contribution in [0.5, 0.6) is 0 Å². The Morgan fingerprint density at radius 1 is 0.791 bits per heavy atom. The number of fused-ring (bicyclic) bond motifs is 1. The van der Waals surface area contributed by atoms with Gasteiger partial charge in [0.1, 0.15) is 5.82 Å². The predicted molar refractivity (Wildman–Crippen MR) is 164 cm³/mol. The molecule has 6 nitrogen and oxygen atoms in total. The number of aliphatic carboxylic acids is 1. The lowest BCUT2D eigenvalue weighted by atomic mass is 9.89. The summed E-state index contributed by atoms with van der Waals surface area (Å²) in [6.07, 6.45) is 2.99. The van der Waals surface area contributed by atoms with Crippen LogP contribution in [0.3, 0.4) is 0 Å². The minimum atomic E-state index is -0.873. The van der Waals surface area contributed by atoms with Crippen molar-refractivity contribution in [2.75, 3.05) is 13.1 Å². The number of benzene rings is 4. The van der Waals surface area contributed by atoms with Crippen LogP contribution in [-0.2, 0) is 24.1 Å². The summed E-state index contributed by atoms with van der Waals surface area (Å²) < 4.78 is 13.7. The molecule has 0 spiro atoms. The number of hydrogen-bond donors (Lipinski definition) is 1. The highest BCUT2D eigenvalue weighted by Crippen LogP contribution is 2.30. The zero-order chi connectivity index (χ0) is 29.8. The normalized spacial score (nSPS) is 13.7. The van der Waals surface area contributed by atoms with Crippen LogP contribution in [0, 0.1) is 5.82 Å². The number of carboxylic acid groups (broad SMARTS) is 1. The van der Waals surface area contributed by atoms with Crippen LogP contribution in [-0.4, -0.2) is 44.9 Å². The molecule has 1 saturated heterocycles. The molecule has 43 heavy (non-hydrogen) atoms. The fraction of sp³-hybridized carbons (Fsp3) is 0.222. The van der Waals surface area contributed by atoms with Gasteiger partial charge in [0.25, 0.3) is 5.91 Å². The number of rotatable bonds is 8. The molecule has 2 heterocycles. The third-order valence-electron chi connectivity index (χ3n) is 8.15. The highest BCUT2D eigenvalue weighted by Gasteiger charge is 2.25. The molecule has 0 atom stereocenters. The number of aryl methyl sites for hydroxylation is 2. The van der Waals surface area contributed by atoms with Gasteiger partial charge in [-0.15, -0.1) is 0 Å². The molecule has 0 aliphatic carbocycles. The Kier molecular flexibility index (Phi) is 8.22. The summed E-state index contributed by atoms with van der Waals surface area (Å²) in [4.78, 5) is 36.5. The van der Waals surface area contributed by atoms with E-state index in [0.717, 1.165) is 35.2 Å². The number of amides is 1. The molecular weight excluding hydrogens is 541 g/mol. The Morgan fingerprint density at radius 2 is 1.53 bits per heavy atom. The summed E-state index contributed by atoms with van der Waals surface area (Å²) in [6.45, 7) is 1.41. The average Bonchev–Trinajstić information content (AvgIpc) is 3.03. The maximum Gasteiger partial charge on any atom is 0.307 e. The number of halogens is 1. The third-order valence-corrected chi connectivity index (χ3v) is 8.15. The van der Waals surface area contributed by atoms with E-state index < -0.39 is 5.97 Å². The molecule has 0 radical (unpaired) electrons. The standard InChI is InChI=1S/C36H32FN3O3/c37-30-13-10-28(11-14-30)35-32(15-9-24-5-4-6-25(21-24)22-34(41)42)38-33-23-29(12-16-31(33)39-35)36(43)40-19-17-27(18-20-40)26-7-2-1-3-8-26/h1-8,10-14,16,21,23,27H,9,15,17-20,22H2,(H,41,42). The van der Waals surface area contributed by atoms with Crippen LogP contribution in [0.4, 0.5) is 4.39 Å². The van der Waals surface area contributed by atoms with Crippen molar-refractivity contribution < 1.29 is 19.1 Å². The lowest BCUT2D eigenvalue weighted by molar-refractivity contribution is -0.136. The van der Waals surface area contributed by atoms with E-state index >= 15 is 0 Å². The first kappa shape index (κ1) is 28.2. The fourth-order valence-electron chi connectivity index (χ4n) is 5.89. The third kappa shape index (κ3) is 6.61. The number of piperidine rings is 1. The summed E-state index contributed by atoms with van der Waals surface area (Å²) in [7, 11) is 0. The molecule has 1 fully saturated rings. The number of carbonyl (C=O) groups is 2. The highest BCUT2D eigenvalue weighted by atomic mass is 19.1. The Hall–Kier alpha value is -4.91. The molecule has 1 aromatic heterocycles. The van der Waals surface area contributed by atoms with E-state index in [-0.39, 0.29) is 18.1 Å². The number of carboxylic acids is 1. The molecule has 0 bridgehead atoms. The second-order valence-corrected chi connectivity index (χ2v) is 11.1. The summed E-state index contributed by atoms with van der Waals surface area (Å²) in [5.41, 5.74) is 7.09. The quantitative estimate of drug-likeness (QED) is 0.219. The molecule has 0 unspecified atom stereocenters. The number of hydrogen-bond acceptors (Lipinski definition) is 4. The van der Waals surface area contributed by atoms with E-state index in [2.05, 4.69) is 24.3 Å². The van der Waals surface area contributed by atoms with E-state index in [1.165, 1.54) is 17.7 Å². The maximum atomic E-state index is 13.7. The topological polar surface area (TPSA) is 83.4 Å². The Bertz CT molecular complexity index is 1760. The first-order valence-electron chi connectivity index (χ1n) is 14.6. The van der Waals surface area contributed by atoms with Gasteiger partial charge in [-0.2, -0.15) is 0 Å². The zero-order valence-electron chi connectivity index (χ0n) is 23.7. The van der Waals surface area contributed by atoms with Crippen LogP contribution in [0.15, 0.2) is 97.1 Å². The second-order valence-electron chi connectivity index (χ2n) is 11.1. The van der Waals surface area contributed by atoms with Gasteiger partial charge in [-0.3, -0.25) is 9.59 Å². The molecule has 5 aromatic rings. The Labute approximate surface area is 249 Å². The van der Waals surface area contributed by atoms with Gasteiger partial charge >= 0.3 is 5.97 Å². The van der Waals surface area contributed by atoms with E-state index in [0.29, 0.717) is 54.1 Å². The van der Waals surface area contributed by atoms with Gasteiger partial charge < -0.3 is 10.0 Å². The monoisotopic (exact) mass is 573 g/mol. The fourth-order valence-corrected chi connectivity index (χ4v) is 5.89. The van der Waals surface area contributed by atoms with Crippen molar-refractivity contribution >= 4 is 22.9 Å². The first-order valence-corrected chi connectivity index (χ1v) is 14.6. The van der Waals surface area contributed by atoms with Crippen LogP contribution in [0.1, 0.15) is 51.5 Å². The summed E-state index contributed by atoms with van der Waals surface area (Å²) >= 11 is 0. The van der Waals surface area contributed by atoms with Crippen molar-refractivity contribution in [3.05, 3.63) is 131 Å². The number of nitrogens with zero attached hydrogens (tertiary/aromatic N) is 3. The van der Waals surface area contributed by atoms with Crippen molar-refractivity contribution in [1.82, 2.24) is 14.9 Å². The smallest absolute Gasteiger partial charge is 0.307 e. The molecule has 1 N–H and O–H groups in total. The van der Waals surface area contributed by atoms with Gasteiger partial charge in [0.05, 0.1) is 28.8 Å². The largest absolute Gasteiger partial charge is 0.481 e. The SMILES string of the molecule is O=C(O)Cc1cccc(CCc2nc3cc(C(=O)N4CCC(c5ccccc5)CC4)ccc3nc2-c2ccc(F)cc2)c1. The molecule has 216 valence electrons. The molecule has 4 aromatic carbocycles. The first-order chi connectivity index (χ1) is 20.9. The van der Waals surface area contributed by atoms with Gasteiger partial charge in [0, 0.05) is 24.2 Å². The van der Waals surface area contributed by atoms with Crippen LogP contribution in [0.25, 0.3) is 22.3 Å². The molecular formula is C36H32FN3O3. The molecule has 6 rings (SSSR count). The van der Waals surface area contributed by atoms with Crippen molar-refractivity contribution in [1.29, 1.82) is 0 Å². The molecule has 0 saturated carbocycles. The Morgan fingerprint density at radius 3 is 2.28 bits per heavy atom. The van der Waals surface area contributed by atoms with E-state index in [9.17, 15) is 19.1 Å². The van der Waals surface area contributed by atoms with Crippen molar-refractivity contribution in [2.24, 2.45) is 0 Å². The predicted octanol–water partition coefficient (Wildman–Crippen LogP) is 6.87. The van der Waals surface area contributed by atoms with Gasteiger partial charge in [0.15, 0.2) is 0 Å². The molecule has 1 aliphatic rings. The molecule has 1 aliphatic heterocycles. The van der Waals surface area contributed by atoms with Crippen LogP contribution < -0.4 is 0 Å². The maximum absolute atomic E-state index is 13.7. The van der Waals surface area contributed by atoms with Crippen LogP contribution >= 0.6 is 0 Å². The minimum Gasteiger partial charge on any atom is -0.481 e. The van der Waals surface area contributed by atoms with Crippen molar-refractivity contribution in [2.45, 2.75) is 38.0 Å². The second kappa shape index (κ2) is 12.5. The minimum absolute atomic E-state index is 0.00498. The number of carbonyl (C=O) groups excluding carboxylic acids is 1. The van der Waals surface area contributed by atoms with Crippen molar-refractivity contribution in [3.8, 4) is 11.3 Å². The zero-order valence-corrected chi connectivity index (χ0v) is 23.7. The van der Waals surface area contributed by atoms with E-state index in [1.807, 2.05) is 47.4 Å². The van der Waals surface area contributed by atoms with Gasteiger partial charge in [0.2, 0.25) is 0 Å². The summed E-state index contributed by atoms with van der Waals surface area (Å²) in [6, 6.07) is 29.7. The lowest BCUT2D eigenvalue weighted by Gasteiger charge is -2.32. The van der Waals surface area contributed by atoms with Crippen molar-refractivity contribution in [3.63, 3.8) is 0 Å². The molecule has 1 amide bonds. The summed E-state index contributed by atoms with van der Waals surface area (Å²) in [5.74, 6) is -0.744. The van der Waals surface area contributed by atoms with Gasteiger partial charge in [-0.25, -0.2) is 14.4 Å². The Balaban J connectivity index is 1.26. The van der Waals surface area contributed by atoms with Gasteiger partial charge in [-0.05, 0) is 90.8 Å². The molecule has 7 heteroatoms. The number of aromatic nitrogens is 2. The van der Waals surface area contributed by atoms with Gasteiger partial charge in [-0.1, -0.05) is 54.6 Å². The highest BCUT2D eigenvalue weighted by molar-refractivity contribution is 5.97. The number of likely N-dealkylation sites (tertiary alicyclic amines) is 1. The lowest BCUT2D eigenvalue weighted by Crippen LogP contribution is -2.37. The van der Waals surface area contributed by atoms with E-state index in [4.69, 9.17) is 9.97 Å². The summed E-state index contributed by atoms with van der Waals surface area (Å²) in [5, 5.41) is 9.18. The average molecular weight is 574 g/mol. The van der Waals surface area contributed by atoms with Crippen LogP contribution in [0.2, 0.25) is 0 Å². The van der Waals surface area contributed by atoms with E-state index in [1.54, 1.807) is 18.2 Å².